The molecule has 0 fully saturated rings. The average Bonchev–Trinajstić information content (AvgIpc) is 2.15. The third-order valence-corrected chi connectivity index (χ3v) is 0.790. The molecule has 0 amide bonds. The topological polar surface area (TPSA) is 63.6 Å². The van der Waals surface area contributed by atoms with Crippen LogP contribution >= 0.6 is 0 Å². The molecule has 0 rings (SSSR count). The Bertz CT molecular complexity index is 184. The van der Waals surface area contributed by atoms with Crippen molar-refractivity contribution >= 4 is 11.8 Å². The minimum atomic E-state index is -0.501. The van der Waals surface area contributed by atoms with E-state index >= 15 is 0 Å². The molecule has 0 saturated carbocycles. The Kier molecular flexibility index (Phi) is 11.5. The van der Waals surface area contributed by atoms with Crippen molar-refractivity contribution in [1.82, 2.24) is 0 Å². The molecule has 74 valence electrons. The van der Waals surface area contributed by atoms with Gasteiger partial charge in [-0.05, 0) is 13.0 Å². The maximum absolute atomic E-state index is 10.1. The van der Waals surface area contributed by atoms with E-state index in [1.54, 1.807) is 0 Å². The van der Waals surface area contributed by atoms with Crippen LogP contribution in [-0.2, 0) is 14.3 Å². The van der Waals surface area contributed by atoms with Crippen molar-refractivity contribution in [3.05, 3.63) is 25.3 Å². The summed E-state index contributed by atoms with van der Waals surface area (Å²) in [5.41, 5.74) is 0. The highest BCUT2D eigenvalue weighted by Gasteiger charge is 1.90. The van der Waals surface area contributed by atoms with Gasteiger partial charge in [0.05, 0.1) is 6.61 Å². The van der Waals surface area contributed by atoms with Crippen LogP contribution in [0.4, 0.5) is 0 Å². The Labute approximate surface area is 77.5 Å². The van der Waals surface area contributed by atoms with Gasteiger partial charge in [0, 0.05) is 6.08 Å². The second kappa shape index (κ2) is 10.6. The van der Waals surface area contributed by atoms with Crippen molar-refractivity contribution in [3.8, 4) is 0 Å². The smallest absolute Gasteiger partial charge is 0.330 e. The van der Waals surface area contributed by atoms with Crippen LogP contribution in [0.1, 0.15) is 6.92 Å². The Morgan fingerprint density at radius 1 is 1.38 bits per heavy atom. The molecule has 0 spiro atoms. The molecule has 4 nitrogen and oxygen atoms in total. The highest BCUT2D eigenvalue weighted by molar-refractivity contribution is 5.86. The Morgan fingerprint density at radius 2 is 1.85 bits per heavy atom. The van der Waals surface area contributed by atoms with Crippen LogP contribution < -0.4 is 0 Å². The fourth-order valence-electron chi connectivity index (χ4n) is 0.205. The van der Waals surface area contributed by atoms with Crippen LogP contribution in [0.15, 0.2) is 25.3 Å². The molecule has 0 heterocycles. The summed E-state index contributed by atoms with van der Waals surface area (Å²) in [6.07, 6.45) is 2.33. The highest BCUT2D eigenvalue weighted by Crippen LogP contribution is 1.75. The number of rotatable bonds is 4. The summed E-state index contributed by atoms with van der Waals surface area (Å²) in [7, 11) is 0. The normalized spacial score (nSPS) is 7.54. The predicted molar refractivity (Wildman–Crippen MR) is 49.1 cm³/mol. The Hall–Kier alpha value is -1.42. The lowest BCUT2D eigenvalue weighted by molar-refractivity contribution is -0.138. The van der Waals surface area contributed by atoms with Gasteiger partial charge in [0.2, 0.25) is 0 Å². The van der Waals surface area contributed by atoms with E-state index in [4.69, 9.17) is 5.11 Å². The first kappa shape index (κ1) is 14.1. The second-order valence-corrected chi connectivity index (χ2v) is 1.91. The summed E-state index contributed by atoms with van der Waals surface area (Å²) < 4.78 is 4.33. The van der Waals surface area contributed by atoms with Gasteiger partial charge in [-0.1, -0.05) is 13.2 Å². The molecule has 0 aliphatic rings. The van der Waals surface area contributed by atoms with E-state index in [9.17, 15) is 9.59 Å². The maximum atomic E-state index is 10.1. The molecule has 0 radical (unpaired) electrons. The van der Waals surface area contributed by atoms with E-state index in [0.717, 1.165) is 6.08 Å². The third kappa shape index (κ3) is 18.0. The van der Waals surface area contributed by atoms with Crippen LogP contribution in [0.25, 0.3) is 0 Å². The first-order chi connectivity index (χ1) is 6.08. The second-order valence-electron chi connectivity index (χ2n) is 1.91. The largest absolute Gasteiger partial charge is 0.460 e. The molecular weight excluding hydrogens is 172 g/mol. The molecule has 4 heteroatoms. The minimum absolute atomic E-state index is 0.0185. The van der Waals surface area contributed by atoms with E-state index in [1.807, 2.05) is 0 Å². The number of esters is 1. The van der Waals surface area contributed by atoms with E-state index in [-0.39, 0.29) is 19.0 Å². The summed E-state index contributed by atoms with van der Waals surface area (Å²) in [5.74, 6) is -0.482. The molecule has 0 aliphatic carbocycles. The van der Waals surface area contributed by atoms with Gasteiger partial charge < -0.3 is 9.84 Å². The van der Waals surface area contributed by atoms with E-state index < -0.39 is 5.97 Å². The summed E-state index contributed by atoms with van der Waals surface area (Å²) >= 11 is 0. The zero-order chi connectivity index (χ0) is 10.7. The van der Waals surface area contributed by atoms with E-state index in [1.165, 1.54) is 13.0 Å². The number of aliphatic hydroxyl groups excluding tert-OH is 1. The first-order valence-corrected chi connectivity index (χ1v) is 3.61. The lowest BCUT2D eigenvalue weighted by Gasteiger charge is -1.94. The summed E-state index contributed by atoms with van der Waals surface area (Å²) in [6, 6.07) is 0. The van der Waals surface area contributed by atoms with Gasteiger partial charge in [-0.3, -0.25) is 4.79 Å². The van der Waals surface area contributed by atoms with Gasteiger partial charge in [-0.2, -0.15) is 0 Å². The summed E-state index contributed by atoms with van der Waals surface area (Å²) in [6.45, 7) is 7.74. The van der Waals surface area contributed by atoms with E-state index in [0.29, 0.717) is 0 Å². The molecule has 0 bridgehead atoms. The molecular formula is C9H14O4. The van der Waals surface area contributed by atoms with Gasteiger partial charge in [0.15, 0.2) is 5.78 Å². The monoisotopic (exact) mass is 186 g/mol. The maximum Gasteiger partial charge on any atom is 0.330 e. The van der Waals surface area contributed by atoms with Crippen molar-refractivity contribution < 1.29 is 19.4 Å². The van der Waals surface area contributed by atoms with Crippen molar-refractivity contribution in [2.24, 2.45) is 0 Å². The van der Waals surface area contributed by atoms with Crippen LogP contribution in [-0.4, -0.2) is 30.1 Å². The Morgan fingerprint density at radius 3 is 2.08 bits per heavy atom. The van der Waals surface area contributed by atoms with Crippen LogP contribution in [0.2, 0.25) is 0 Å². The zero-order valence-corrected chi connectivity index (χ0v) is 7.66. The SMILES string of the molecule is C=CC(=O)OCCO.C=CC(C)=O. The van der Waals surface area contributed by atoms with Gasteiger partial charge in [0.1, 0.15) is 6.61 Å². The fourth-order valence-corrected chi connectivity index (χ4v) is 0.205. The lowest BCUT2D eigenvalue weighted by Crippen LogP contribution is -2.04. The number of carbonyl (C=O) groups excluding carboxylic acids is 2. The number of hydrogen-bond donors (Lipinski definition) is 1. The number of ketones is 1. The Balaban J connectivity index is 0. The summed E-state index contributed by atoms with van der Waals surface area (Å²) in [4.78, 5) is 19.8. The highest BCUT2D eigenvalue weighted by atomic mass is 16.5. The predicted octanol–water partition coefficient (Wildman–Crippen LogP) is 0.469. The molecule has 0 unspecified atom stereocenters. The molecule has 13 heavy (non-hydrogen) atoms. The molecule has 0 saturated heterocycles. The van der Waals surface area contributed by atoms with Crippen LogP contribution in [0, 0.1) is 0 Å². The number of hydrogen-bond acceptors (Lipinski definition) is 4. The number of ether oxygens (including phenoxy) is 1. The summed E-state index contributed by atoms with van der Waals surface area (Å²) in [5, 5.41) is 8.10. The van der Waals surface area contributed by atoms with Crippen LogP contribution in [0.3, 0.4) is 0 Å². The molecule has 0 atom stereocenters. The van der Waals surface area contributed by atoms with Crippen molar-refractivity contribution in [1.29, 1.82) is 0 Å². The van der Waals surface area contributed by atoms with Gasteiger partial charge >= 0.3 is 5.97 Å². The molecule has 0 aliphatic heterocycles. The number of allylic oxidation sites excluding steroid dienone is 1. The minimum Gasteiger partial charge on any atom is -0.460 e. The van der Waals surface area contributed by atoms with Crippen LogP contribution in [0.5, 0.6) is 0 Å². The van der Waals surface area contributed by atoms with Gasteiger partial charge in [-0.25, -0.2) is 4.79 Å². The average molecular weight is 186 g/mol. The van der Waals surface area contributed by atoms with Crippen molar-refractivity contribution in [2.75, 3.05) is 13.2 Å². The molecule has 1 N–H and O–H groups in total. The quantitative estimate of drug-likeness (QED) is 0.512. The number of carbonyl (C=O) groups is 2. The fraction of sp³-hybridized carbons (Fsp3) is 0.333. The van der Waals surface area contributed by atoms with Crippen molar-refractivity contribution in [2.45, 2.75) is 6.92 Å². The van der Waals surface area contributed by atoms with Crippen molar-refractivity contribution in [3.63, 3.8) is 0 Å². The molecule has 0 aromatic rings. The van der Waals surface area contributed by atoms with Gasteiger partial charge in [0.25, 0.3) is 0 Å². The third-order valence-electron chi connectivity index (χ3n) is 0.790. The standard InChI is InChI=1S/C5H8O3.C4H6O/c1-2-5(7)8-4-3-6;1-3-4(2)5/h2,6H,1,3-4H2;3H,1H2,2H3. The molecule has 0 aromatic heterocycles. The lowest BCUT2D eigenvalue weighted by atomic mass is 10.5. The number of aliphatic hydroxyl groups is 1. The van der Waals surface area contributed by atoms with Gasteiger partial charge in [-0.15, -0.1) is 0 Å². The first-order valence-electron chi connectivity index (χ1n) is 3.61. The molecule has 0 aromatic carbocycles. The van der Waals surface area contributed by atoms with E-state index in [2.05, 4.69) is 17.9 Å². The zero-order valence-electron chi connectivity index (χ0n) is 7.66.